The Balaban J connectivity index is 2.10. The van der Waals surface area contributed by atoms with E-state index in [2.05, 4.69) is 0 Å². The minimum absolute atomic E-state index is 0.0784. The van der Waals surface area contributed by atoms with E-state index >= 15 is 0 Å². The van der Waals surface area contributed by atoms with E-state index in [0.717, 1.165) is 30.4 Å². The van der Waals surface area contributed by atoms with Crippen molar-refractivity contribution in [1.82, 2.24) is 0 Å². The first-order valence-electron chi connectivity index (χ1n) is 8.40. The van der Waals surface area contributed by atoms with E-state index in [1.807, 2.05) is 24.3 Å². The standard InChI is InChI=1S/C20H26O4/c21-11-1-2-17(12-15-3-7-19(23)8-4-15)18(14-22)13-16-5-9-20(24)10-6-16/h3-10,17-18,21-24H,1-2,11-14H2/t17-,18+/m0/s1. The van der Waals surface area contributed by atoms with E-state index < -0.39 is 0 Å². The summed E-state index contributed by atoms with van der Waals surface area (Å²) in [5.41, 5.74) is 2.19. The predicted molar refractivity (Wildman–Crippen MR) is 94.0 cm³/mol. The Labute approximate surface area is 143 Å². The van der Waals surface area contributed by atoms with Gasteiger partial charge in [0, 0.05) is 13.2 Å². The van der Waals surface area contributed by atoms with E-state index in [1.165, 1.54) is 0 Å². The van der Waals surface area contributed by atoms with Crippen molar-refractivity contribution >= 4 is 0 Å². The maximum absolute atomic E-state index is 9.88. The van der Waals surface area contributed by atoms with Gasteiger partial charge >= 0.3 is 0 Å². The van der Waals surface area contributed by atoms with Crippen LogP contribution in [0.4, 0.5) is 0 Å². The lowest BCUT2D eigenvalue weighted by molar-refractivity contribution is 0.158. The van der Waals surface area contributed by atoms with E-state index in [9.17, 15) is 15.3 Å². The monoisotopic (exact) mass is 330 g/mol. The average Bonchev–Trinajstić information content (AvgIpc) is 2.60. The summed E-state index contributed by atoms with van der Waals surface area (Å²) in [6, 6.07) is 14.2. The van der Waals surface area contributed by atoms with Crippen molar-refractivity contribution in [3.8, 4) is 11.5 Å². The summed E-state index contributed by atoms with van der Waals surface area (Å²) in [4.78, 5) is 0. The summed E-state index contributed by atoms with van der Waals surface area (Å²) in [7, 11) is 0. The number of hydrogen-bond donors (Lipinski definition) is 4. The van der Waals surface area contributed by atoms with Crippen molar-refractivity contribution in [3.05, 3.63) is 59.7 Å². The molecule has 130 valence electrons. The highest BCUT2D eigenvalue weighted by atomic mass is 16.3. The number of hydrogen-bond acceptors (Lipinski definition) is 4. The molecule has 2 aromatic rings. The molecule has 4 nitrogen and oxygen atoms in total. The van der Waals surface area contributed by atoms with Gasteiger partial charge in [-0.1, -0.05) is 24.3 Å². The van der Waals surface area contributed by atoms with Gasteiger partial charge in [0.1, 0.15) is 11.5 Å². The summed E-state index contributed by atoms with van der Waals surface area (Å²) in [5, 5.41) is 37.9. The fourth-order valence-corrected chi connectivity index (χ4v) is 3.11. The second-order valence-electron chi connectivity index (χ2n) is 6.31. The predicted octanol–water partition coefficient (Wildman–Crippen LogP) is 2.88. The molecule has 0 aliphatic heterocycles. The maximum Gasteiger partial charge on any atom is 0.115 e. The molecule has 4 heteroatoms. The minimum Gasteiger partial charge on any atom is -0.508 e. The fourth-order valence-electron chi connectivity index (χ4n) is 3.11. The van der Waals surface area contributed by atoms with Crippen LogP contribution in [0.15, 0.2) is 48.5 Å². The largest absolute Gasteiger partial charge is 0.508 e. The highest BCUT2D eigenvalue weighted by Gasteiger charge is 2.21. The number of aliphatic hydroxyl groups excluding tert-OH is 2. The molecule has 24 heavy (non-hydrogen) atoms. The van der Waals surface area contributed by atoms with Gasteiger partial charge in [0.2, 0.25) is 0 Å². The highest BCUT2D eigenvalue weighted by molar-refractivity contribution is 5.27. The molecular formula is C20H26O4. The molecule has 0 unspecified atom stereocenters. The molecule has 0 aliphatic carbocycles. The summed E-state index contributed by atoms with van der Waals surface area (Å²) < 4.78 is 0. The first-order valence-corrected chi connectivity index (χ1v) is 8.40. The van der Waals surface area contributed by atoms with Gasteiger partial charge in [-0.2, -0.15) is 0 Å². The third-order valence-corrected chi connectivity index (χ3v) is 4.50. The number of benzene rings is 2. The van der Waals surface area contributed by atoms with Crippen molar-refractivity contribution in [2.45, 2.75) is 25.7 Å². The van der Waals surface area contributed by atoms with Gasteiger partial charge in [0.15, 0.2) is 0 Å². The molecule has 0 radical (unpaired) electrons. The van der Waals surface area contributed by atoms with E-state index in [4.69, 9.17) is 5.11 Å². The molecule has 2 aromatic carbocycles. The van der Waals surface area contributed by atoms with Crippen LogP contribution in [0.25, 0.3) is 0 Å². The lowest BCUT2D eigenvalue weighted by atomic mass is 9.80. The van der Waals surface area contributed by atoms with Crippen LogP contribution in [-0.2, 0) is 12.8 Å². The molecule has 0 aliphatic rings. The Morgan fingerprint density at radius 3 is 1.54 bits per heavy atom. The third kappa shape index (κ3) is 5.55. The van der Waals surface area contributed by atoms with Gasteiger partial charge < -0.3 is 20.4 Å². The molecule has 2 rings (SSSR count). The van der Waals surface area contributed by atoms with Crippen molar-refractivity contribution in [2.75, 3.05) is 13.2 Å². The van der Waals surface area contributed by atoms with Crippen molar-refractivity contribution in [2.24, 2.45) is 11.8 Å². The molecule has 0 fully saturated rings. The Morgan fingerprint density at radius 2 is 1.12 bits per heavy atom. The molecule has 0 saturated carbocycles. The van der Waals surface area contributed by atoms with Crippen molar-refractivity contribution < 1.29 is 20.4 Å². The molecule has 0 spiro atoms. The minimum atomic E-state index is 0.0784. The Bertz CT molecular complexity index is 592. The van der Waals surface area contributed by atoms with Gasteiger partial charge in [-0.15, -0.1) is 0 Å². The van der Waals surface area contributed by atoms with Gasteiger partial charge in [-0.05, 0) is 72.9 Å². The van der Waals surface area contributed by atoms with Crippen molar-refractivity contribution in [1.29, 1.82) is 0 Å². The van der Waals surface area contributed by atoms with Crippen LogP contribution in [-0.4, -0.2) is 33.6 Å². The second kappa shape index (κ2) is 9.30. The van der Waals surface area contributed by atoms with Gasteiger partial charge in [-0.25, -0.2) is 0 Å². The quantitative estimate of drug-likeness (QED) is 0.570. The van der Waals surface area contributed by atoms with Gasteiger partial charge in [-0.3, -0.25) is 0 Å². The number of phenolic OH excluding ortho intramolecular Hbond substituents is 2. The van der Waals surface area contributed by atoms with E-state index in [0.29, 0.717) is 6.42 Å². The number of rotatable bonds is 9. The van der Waals surface area contributed by atoms with Crippen LogP contribution in [0.3, 0.4) is 0 Å². The third-order valence-electron chi connectivity index (χ3n) is 4.50. The highest BCUT2D eigenvalue weighted by Crippen LogP contribution is 2.27. The van der Waals surface area contributed by atoms with Gasteiger partial charge in [0.25, 0.3) is 0 Å². The van der Waals surface area contributed by atoms with Crippen LogP contribution in [0.1, 0.15) is 24.0 Å². The Morgan fingerprint density at radius 1 is 0.667 bits per heavy atom. The van der Waals surface area contributed by atoms with Gasteiger partial charge in [0.05, 0.1) is 0 Å². The molecule has 0 amide bonds. The fraction of sp³-hybridized carbons (Fsp3) is 0.400. The zero-order valence-electron chi connectivity index (χ0n) is 13.8. The molecule has 0 bridgehead atoms. The van der Waals surface area contributed by atoms with Crippen molar-refractivity contribution in [3.63, 3.8) is 0 Å². The number of phenols is 2. The summed E-state index contributed by atoms with van der Waals surface area (Å²) in [6.07, 6.45) is 3.06. The first-order chi connectivity index (χ1) is 11.6. The summed E-state index contributed by atoms with van der Waals surface area (Å²) in [5.74, 6) is 0.795. The van der Waals surface area contributed by atoms with Crippen LogP contribution >= 0.6 is 0 Å². The molecule has 0 aromatic heterocycles. The van der Waals surface area contributed by atoms with E-state index in [1.54, 1.807) is 24.3 Å². The van der Waals surface area contributed by atoms with Crippen LogP contribution in [0.2, 0.25) is 0 Å². The first kappa shape index (κ1) is 18.3. The normalized spacial score (nSPS) is 13.6. The zero-order chi connectivity index (χ0) is 17.4. The molecule has 0 saturated heterocycles. The lowest BCUT2D eigenvalue weighted by Crippen LogP contribution is -2.23. The smallest absolute Gasteiger partial charge is 0.115 e. The molecule has 4 N–H and O–H groups in total. The Kier molecular flexibility index (Phi) is 7.09. The zero-order valence-corrected chi connectivity index (χ0v) is 13.8. The van der Waals surface area contributed by atoms with Crippen LogP contribution in [0, 0.1) is 11.8 Å². The Hall–Kier alpha value is -2.04. The summed E-state index contributed by atoms with van der Waals surface area (Å²) >= 11 is 0. The number of aliphatic hydroxyl groups is 2. The topological polar surface area (TPSA) is 80.9 Å². The SMILES string of the molecule is OCCC[C@@H](Cc1ccc(O)cc1)[C@@H](CO)Cc1ccc(O)cc1. The van der Waals surface area contributed by atoms with E-state index in [-0.39, 0.29) is 36.5 Å². The molecule has 0 heterocycles. The molecule has 2 atom stereocenters. The number of aromatic hydroxyl groups is 2. The van der Waals surface area contributed by atoms with Crippen LogP contribution < -0.4 is 0 Å². The van der Waals surface area contributed by atoms with Crippen LogP contribution in [0.5, 0.6) is 11.5 Å². The maximum atomic E-state index is 9.88. The molecular weight excluding hydrogens is 304 g/mol. The average molecular weight is 330 g/mol. The second-order valence-corrected chi connectivity index (χ2v) is 6.31. The lowest BCUT2D eigenvalue weighted by Gasteiger charge is -2.26. The summed E-state index contributed by atoms with van der Waals surface area (Å²) in [6.45, 7) is 0.221.